The van der Waals surface area contributed by atoms with E-state index >= 15 is 0 Å². The fourth-order valence-electron chi connectivity index (χ4n) is 13.4. The van der Waals surface area contributed by atoms with Gasteiger partial charge in [-0.1, -0.05) is 60.1 Å². The molecule has 4 heteroatoms. The number of carbonyl (C=O) groups is 1. The van der Waals surface area contributed by atoms with Crippen molar-refractivity contribution >= 4 is 5.97 Å². The summed E-state index contributed by atoms with van der Waals surface area (Å²) in [4.78, 5) is 11.5. The molecule has 3 unspecified atom stereocenters. The second kappa shape index (κ2) is 12.1. The normalized spacial score (nSPS) is 43.8. The molecule has 0 spiro atoms. The molecule has 8 atom stereocenters. The van der Waals surface area contributed by atoms with E-state index in [0.717, 1.165) is 49.7 Å². The Labute approximate surface area is 269 Å². The SMILES string of the molecule is CC/C=C(\CCC(=O)O)C1=CC[C@@]2(C)C(CC[C@]3(C)C2CC[C@@H]2C4CCC[C@]4(NCCC4CCOCC4)CC[C@]23C)C1(C)C. The summed E-state index contributed by atoms with van der Waals surface area (Å²) >= 11 is 0. The van der Waals surface area contributed by atoms with Gasteiger partial charge in [-0.15, -0.1) is 0 Å². The van der Waals surface area contributed by atoms with Crippen molar-refractivity contribution in [2.75, 3.05) is 19.8 Å². The van der Waals surface area contributed by atoms with Crippen molar-refractivity contribution in [3.8, 4) is 0 Å². The van der Waals surface area contributed by atoms with E-state index in [9.17, 15) is 9.90 Å². The Morgan fingerprint density at radius 1 is 0.909 bits per heavy atom. The number of hydrogen-bond acceptors (Lipinski definition) is 3. The van der Waals surface area contributed by atoms with Crippen molar-refractivity contribution in [3.05, 3.63) is 23.3 Å². The zero-order chi connectivity index (χ0) is 31.4. The predicted octanol–water partition coefficient (Wildman–Crippen LogP) is 9.74. The van der Waals surface area contributed by atoms with Crippen LogP contribution < -0.4 is 5.32 Å². The number of ether oxygens (including phenoxy) is 1. The Morgan fingerprint density at radius 3 is 2.41 bits per heavy atom. The fourth-order valence-corrected chi connectivity index (χ4v) is 13.4. The van der Waals surface area contributed by atoms with Gasteiger partial charge in [0.25, 0.3) is 0 Å². The van der Waals surface area contributed by atoms with Crippen LogP contribution in [0.5, 0.6) is 0 Å². The van der Waals surface area contributed by atoms with Crippen molar-refractivity contribution < 1.29 is 14.6 Å². The average Bonchev–Trinajstić information content (AvgIpc) is 3.40. The molecule has 0 aromatic carbocycles. The first kappa shape index (κ1) is 32.8. The molecule has 5 fully saturated rings. The summed E-state index contributed by atoms with van der Waals surface area (Å²) in [6.45, 7) is 18.5. The molecule has 4 saturated carbocycles. The van der Waals surface area contributed by atoms with Gasteiger partial charge in [0.2, 0.25) is 0 Å². The van der Waals surface area contributed by atoms with Crippen LogP contribution in [0, 0.1) is 51.2 Å². The molecule has 1 saturated heterocycles. The van der Waals surface area contributed by atoms with E-state index in [-0.39, 0.29) is 11.8 Å². The first-order valence-electron chi connectivity index (χ1n) is 18.9. The fraction of sp³-hybridized carbons (Fsp3) is 0.875. The Bertz CT molecular complexity index is 1130. The maximum atomic E-state index is 11.5. The molecule has 0 amide bonds. The molecule has 248 valence electrons. The summed E-state index contributed by atoms with van der Waals surface area (Å²) in [6, 6.07) is 0. The topological polar surface area (TPSA) is 58.6 Å². The lowest BCUT2D eigenvalue weighted by molar-refractivity contribution is -0.218. The third kappa shape index (κ3) is 5.19. The van der Waals surface area contributed by atoms with Crippen molar-refractivity contribution in [2.24, 2.45) is 51.2 Å². The van der Waals surface area contributed by atoms with Gasteiger partial charge in [-0.2, -0.15) is 0 Å². The van der Waals surface area contributed by atoms with Gasteiger partial charge >= 0.3 is 5.97 Å². The highest BCUT2D eigenvalue weighted by Crippen LogP contribution is 2.76. The molecule has 0 aromatic heterocycles. The first-order valence-corrected chi connectivity index (χ1v) is 18.9. The molecule has 44 heavy (non-hydrogen) atoms. The Hall–Kier alpha value is -1.13. The highest BCUT2D eigenvalue weighted by atomic mass is 16.5. The molecule has 1 aliphatic heterocycles. The number of hydrogen-bond donors (Lipinski definition) is 2. The lowest BCUT2D eigenvalue weighted by Crippen LogP contribution is -2.67. The van der Waals surface area contributed by atoms with E-state index in [2.05, 4.69) is 59.0 Å². The van der Waals surface area contributed by atoms with Crippen molar-refractivity contribution in [1.29, 1.82) is 0 Å². The quantitative estimate of drug-likeness (QED) is 0.274. The van der Waals surface area contributed by atoms with Crippen molar-refractivity contribution in [1.82, 2.24) is 5.32 Å². The van der Waals surface area contributed by atoms with Crippen LogP contribution in [0.3, 0.4) is 0 Å². The van der Waals surface area contributed by atoms with E-state index in [1.807, 2.05) is 0 Å². The van der Waals surface area contributed by atoms with E-state index in [1.54, 1.807) is 0 Å². The van der Waals surface area contributed by atoms with Crippen LogP contribution in [-0.2, 0) is 9.53 Å². The lowest BCUT2D eigenvalue weighted by atomic mass is 9.33. The van der Waals surface area contributed by atoms with Gasteiger partial charge in [0, 0.05) is 25.2 Å². The predicted molar refractivity (Wildman–Crippen MR) is 180 cm³/mol. The number of aliphatic carboxylic acids is 1. The van der Waals surface area contributed by atoms with E-state index in [0.29, 0.717) is 34.1 Å². The third-order valence-electron chi connectivity index (χ3n) is 15.7. The molecule has 0 bridgehead atoms. The zero-order valence-corrected chi connectivity index (χ0v) is 29.2. The molecule has 5 aliphatic carbocycles. The summed E-state index contributed by atoms with van der Waals surface area (Å²) in [6.07, 6.45) is 24.3. The van der Waals surface area contributed by atoms with Gasteiger partial charge in [-0.25, -0.2) is 0 Å². The summed E-state index contributed by atoms with van der Waals surface area (Å²) in [5.41, 5.74) is 4.37. The van der Waals surface area contributed by atoms with Gasteiger partial charge in [0.1, 0.15) is 0 Å². The van der Waals surface area contributed by atoms with Crippen molar-refractivity contribution in [2.45, 2.75) is 150 Å². The number of rotatable bonds is 9. The Balaban J connectivity index is 1.23. The largest absolute Gasteiger partial charge is 0.481 e. The minimum absolute atomic E-state index is 0.0765. The summed E-state index contributed by atoms with van der Waals surface area (Å²) in [7, 11) is 0. The summed E-state index contributed by atoms with van der Waals surface area (Å²) < 4.78 is 5.64. The smallest absolute Gasteiger partial charge is 0.303 e. The standard InChI is InChI=1S/C40H65NO3/c1-7-9-29(11-14-35(42)43)30-15-21-37(4)33(36(30,2)3)16-22-39(6)34(37)13-12-31-32-10-8-20-40(32,24-23-38(31,39)5)41-25-17-28-18-26-44-27-19-28/h9,15,28,31-34,41H,7-8,10-14,16-27H2,1-6H3,(H,42,43)/b29-9+/t31-,32?,33?,34?,37+,38-,39-,40+/m1/s1. The monoisotopic (exact) mass is 607 g/mol. The molecular weight excluding hydrogens is 542 g/mol. The number of nitrogens with one attached hydrogen (secondary N) is 1. The van der Waals surface area contributed by atoms with Gasteiger partial charge in [0.05, 0.1) is 0 Å². The maximum Gasteiger partial charge on any atom is 0.303 e. The molecule has 0 aromatic rings. The zero-order valence-electron chi connectivity index (χ0n) is 29.2. The molecule has 6 rings (SSSR count). The number of allylic oxidation sites excluding steroid dienone is 4. The minimum atomic E-state index is -0.683. The maximum absolute atomic E-state index is 11.5. The number of fused-ring (bicyclic) bond motifs is 7. The third-order valence-corrected chi connectivity index (χ3v) is 15.7. The number of carboxylic acids is 1. The second-order valence-corrected chi connectivity index (χ2v) is 17.7. The summed E-state index contributed by atoms with van der Waals surface area (Å²) in [5.74, 6) is 3.29. The van der Waals surface area contributed by atoms with Crippen LogP contribution in [0.4, 0.5) is 0 Å². The van der Waals surface area contributed by atoms with Crippen LogP contribution in [-0.4, -0.2) is 36.4 Å². The first-order chi connectivity index (χ1) is 20.9. The number of carboxylic acid groups (broad SMARTS) is 1. The van der Waals surface area contributed by atoms with Gasteiger partial charge < -0.3 is 15.2 Å². The lowest BCUT2D eigenvalue weighted by Gasteiger charge is -2.72. The molecule has 0 radical (unpaired) electrons. The van der Waals surface area contributed by atoms with E-state index in [1.165, 1.54) is 94.7 Å². The molecule has 2 N–H and O–H groups in total. The van der Waals surface area contributed by atoms with Crippen LogP contribution in [0.1, 0.15) is 144 Å². The minimum Gasteiger partial charge on any atom is -0.481 e. The van der Waals surface area contributed by atoms with Crippen LogP contribution in [0.2, 0.25) is 0 Å². The second-order valence-electron chi connectivity index (χ2n) is 17.7. The van der Waals surface area contributed by atoms with Gasteiger partial charge in [0.15, 0.2) is 0 Å². The van der Waals surface area contributed by atoms with E-state index < -0.39 is 5.97 Å². The molecular formula is C40H65NO3. The molecule has 1 heterocycles. The van der Waals surface area contributed by atoms with E-state index in [4.69, 9.17) is 4.74 Å². The Morgan fingerprint density at radius 2 is 1.68 bits per heavy atom. The van der Waals surface area contributed by atoms with Gasteiger partial charge in [-0.3, -0.25) is 4.79 Å². The van der Waals surface area contributed by atoms with Crippen LogP contribution >= 0.6 is 0 Å². The Kier molecular flexibility index (Phi) is 9.06. The van der Waals surface area contributed by atoms with Gasteiger partial charge in [-0.05, 0) is 159 Å². The van der Waals surface area contributed by atoms with Crippen LogP contribution in [0.25, 0.3) is 0 Å². The van der Waals surface area contributed by atoms with Crippen LogP contribution in [0.15, 0.2) is 23.3 Å². The summed E-state index contributed by atoms with van der Waals surface area (Å²) in [5, 5.41) is 13.8. The average molecular weight is 608 g/mol. The van der Waals surface area contributed by atoms with Crippen molar-refractivity contribution in [3.63, 3.8) is 0 Å². The highest BCUT2D eigenvalue weighted by Gasteiger charge is 2.69. The highest BCUT2D eigenvalue weighted by molar-refractivity contribution is 5.67. The molecule has 6 aliphatic rings. The molecule has 4 nitrogen and oxygen atoms in total.